The fourth-order valence-electron chi connectivity index (χ4n) is 1.81. The van der Waals surface area contributed by atoms with Crippen LogP contribution in [-0.4, -0.2) is 17.8 Å². The second kappa shape index (κ2) is 8.59. The van der Waals surface area contributed by atoms with Gasteiger partial charge < -0.3 is 5.32 Å². The first-order valence-electron chi connectivity index (χ1n) is 6.91. The molecular weight excluding hydrogens is 493 g/mol. The molecule has 0 fully saturated rings. The summed E-state index contributed by atoms with van der Waals surface area (Å²) < 4.78 is 50.6. The number of alkyl halides is 3. The highest BCUT2D eigenvalue weighted by atomic mass is 127. The number of rotatable bonds is 5. The van der Waals surface area contributed by atoms with Crippen molar-refractivity contribution in [1.82, 2.24) is 0 Å². The Morgan fingerprint density at radius 2 is 1.92 bits per heavy atom. The van der Waals surface area contributed by atoms with E-state index in [1.807, 2.05) is 22.6 Å². The summed E-state index contributed by atoms with van der Waals surface area (Å²) in [5.74, 6) is -1.19. The lowest BCUT2D eigenvalue weighted by molar-refractivity contribution is -0.129. The molecule has 0 atom stereocenters. The van der Waals surface area contributed by atoms with E-state index in [-0.39, 0.29) is 16.3 Å². The van der Waals surface area contributed by atoms with Gasteiger partial charge in [0.15, 0.2) is 0 Å². The SMILES string of the molecule is O=C(Nc1ccc(F)c(Cl)c1)c1ccc(I)c(SCCC(F)(F)F)c1. The summed E-state index contributed by atoms with van der Waals surface area (Å²) >= 11 is 8.70. The first-order valence-corrected chi connectivity index (χ1v) is 9.35. The molecule has 9 heteroatoms. The summed E-state index contributed by atoms with van der Waals surface area (Å²) in [5, 5.41) is 2.45. The van der Waals surface area contributed by atoms with Crippen LogP contribution in [0.5, 0.6) is 0 Å². The van der Waals surface area contributed by atoms with Crippen LogP contribution in [0, 0.1) is 9.39 Å². The fraction of sp³-hybridized carbons (Fsp3) is 0.188. The number of halogens is 6. The van der Waals surface area contributed by atoms with Crippen LogP contribution in [0.15, 0.2) is 41.3 Å². The minimum absolute atomic E-state index is 0.121. The van der Waals surface area contributed by atoms with Crippen molar-refractivity contribution >= 4 is 57.5 Å². The molecule has 0 spiro atoms. The van der Waals surface area contributed by atoms with Gasteiger partial charge in [-0.1, -0.05) is 11.6 Å². The van der Waals surface area contributed by atoms with Gasteiger partial charge in [0.2, 0.25) is 0 Å². The number of carbonyl (C=O) groups excluding carboxylic acids is 1. The maximum Gasteiger partial charge on any atom is 0.389 e. The Balaban J connectivity index is 2.09. The summed E-state index contributed by atoms with van der Waals surface area (Å²) in [6.07, 6.45) is -5.12. The molecule has 2 rings (SSSR count). The minimum Gasteiger partial charge on any atom is -0.322 e. The van der Waals surface area contributed by atoms with Gasteiger partial charge in [0.1, 0.15) is 5.82 Å². The van der Waals surface area contributed by atoms with Gasteiger partial charge in [0, 0.05) is 25.5 Å². The average Bonchev–Trinajstić information content (AvgIpc) is 2.51. The van der Waals surface area contributed by atoms with Crippen LogP contribution >= 0.6 is 46.0 Å². The summed E-state index contributed by atoms with van der Waals surface area (Å²) in [6, 6.07) is 8.53. The zero-order chi connectivity index (χ0) is 18.6. The summed E-state index contributed by atoms with van der Waals surface area (Å²) in [6.45, 7) is 0. The molecule has 2 aromatic rings. The van der Waals surface area contributed by atoms with Crippen molar-refractivity contribution < 1.29 is 22.4 Å². The quantitative estimate of drug-likeness (QED) is 0.291. The van der Waals surface area contributed by atoms with Gasteiger partial charge in [0.05, 0.1) is 11.4 Å². The highest BCUT2D eigenvalue weighted by Crippen LogP contribution is 2.30. The van der Waals surface area contributed by atoms with E-state index in [2.05, 4.69) is 5.32 Å². The van der Waals surface area contributed by atoms with Crippen molar-refractivity contribution in [1.29, 1.82) is 0 Å². The second-order valence-electron chi connectivity index (χ2n) is 4.94. The molecule has 134 valence electrons. The molecule has 0 saturated carbocycles. The van der Waals surface area contributed by atoms with Crippen LogP contribution in [-0.2, 0) is 0 Å². The molecule has 0 aliphatic carbocycles. The van der Waals surface area contributed by atoms with Gasteiger partial charge in [0.25, 0.3) is 5.91 Å². The highest BCUT2D eigenvalue weighted by molar-refractivity contribution is 14.1. The Labute approximate surface area is 164 Å². The van der Waals surface area contributed by atoms with Gasteiger partial charge in [-0.3, -0.25) is 4.79 Å². The highest BCUT2D eigenvalue weighted by Gasteiger charge is 2.26. The lowest BCUT2D eigenvalue weighted by atomic mass is 10.2. The maximum absolute atomic E-state index is 13.1. The number of amides is 1. The number of anilines is 1. The number of hydrogen-bond acceptors (Lipinski definition) is 2. The molecule has 0 saturated heterocycles. The summed E-state index contributed by atoms with van der Waals surface area (Å²) in [4.78, 5) is 12.9. The van der Waals surface area contributed by atoms with E-state index in [9.17, 15) is 22.4 Å². The van der Waals surface area contributed by atoms with Gasteiger partial charge in [-0.25, -0.2) is 4.39 Å². The van der Waals surface area contributed by atoms with Gasteiger partial charge >= 0.3 is 6.18 Å². The molecule has 0 aromatic heterocycles. The number of thioether (sulfide) groups is 1. The zero-order valence-electron chi connectivity index (χ0n) is 12.5. The van der Waals surface area contributed by atoms with Crippen LogP contribution in [0.25, 0.3) is 0 Å². The van der Waals surface area contributed by atoms with E-state index in [0.29, 0.717) is 10.6 Å². The third-order valence-electron chi connectivity index (χ3n) is 3.01. The third kappa shape index (κ3) is 6.34. The first kappa shape index (κ1) is 20.3. The number of carbonyl (C=O) groups is 1. The largest absolute Gasteiger partial charge is 0.389 e. The normalized spacial score (nSPS) is 11.4. The monoisotopic (exact) mass is 503 g/mol. The predicted octanol–water partition coefficient (Wildman–Crippen LogP) is 6.38. The van der Waals surface area contributed by atoms with Gasteiger partial charge in [-0.15, -0.1) is 11.8 Å². The first-order chi connectivity index (χ1) is 11.7. The average molecular weight is 504 g/mol. The van der Waals surface area contributed by atoms with Crippen molar-refractivity contribution in [2.75, 3.05) is 11.1 Å². The van der Waals surface area contributed by atoms with Gasteiger partial charge in [-0.2, -0.15) is 13.2 Å². The predicted molar refractivity (Wildman–Crippen MR) is 99.9 cm³/mol. The third-order valence-corrected chi connectivity index (χ3v) is 5.67. The molecule has 0 aliphatic heterocycles. The molecule has 1 amide bonds. The molecule has 25 heavy (non-hydrogen) atoms. The van der Waals surface area contributed by atoms with E-state index in [0.717, 1.165) is 21.4 Å². The van der Waals surface area contributed by atoms with Crippen molar-refractivity contribution in [2.45, 2.75) is 17.5 Å². The Bertz CT molecular complexity index is 785. The van der Waals surface area contributed by atoms with Crippen LogP contribution in [0.2, 0.25) is 5.02 Å². The Hall–Kier alpha value is -1.000. The molecule has 2 aromatic carbocycles. The molecule has 0 unspecified atom stereocenters. The van der Waals surface area contributed by atoms with E-state index >= 15 is 0 Å². The Morgan fingerprint density at radius 3 is 2.56 bits per heavy atom. The molecule has 0 radical (unpaired) electrons. The van der Waals surface area contributed by atoms with E-state index in [4.69, 9.17) is 11.6 Å². The molecule has 0 aliphatic rings. The maximum atomic E-state index is 13.1. The van der Waals surface area contributed by atoms with Crippen molar-refractivity contribution in [3.8, 4) is 0 Å². The molecule has 2 nitrogen and oxygen atoms in total. The fourth-order valence-corrected chi connectivity index (χ4v) is 3.76. The molecule has 1 N–H and O–H groups in total. The van der Waals surface area contributed by atoms with Crippen molar-refractivity contribution in [2.24, 2.45) is 0 Å². The summed E-state index contributed by atoms with van der Waals surface area (Å²) in [5.41, 5.74) is 0.608. The van der Waals surface area contributed by atoms with Crippen LogP contribution < -0.4 is 5.32 Å². The van der Waals surface area contributed by atoms with Crippen LogP contribution in [0.1, 0.15) is 16.8 Å². The Kier molecular flexibility index (Phi) is 6.98. The summed E-state index contributed by atoms with van der Waals surface area (Å²) in [7, 11) is 0. The molecular formula is C16H11ClF4INOS. The van der Waals surface area contributed by atoms with E-state index in [1.165, 1.54) is 18.2 Å². The van der Waals surface area contributed by atoms with Crippen LogP contribution in [0.3, 0.4) is 0 Å². The smallest absolute Gasteiger partial charge is 0.322 e. The number of benzene rings is 2. The zero-order valence-corrected chi connectivity index (χ0v) is 16.2. The van der Waals surface area contributed by atoms with Crippen LogP contribution in [0.4, 0.5) is 23.2 Å². The number of nitrogens with one attached hydrogen (secondary N) is 1. The van der Waals surface area contributed by atoms with Crippen molar-refractivity contribution in [3.63, 3.8) is 0 Å². The molecule has 0 bridgehead atoms. The second-order valence-corrected chi connectivity index (χ2v) is 7.65. The molecule has 0 heterocycles. The van der Waals surface area contributed by atoms with Gasteiger partial charge in [-0.05, 0) is 59.0 Å². The topological polar surface area (TPSA) is 29.1 Å². The standard InChI is InChI=1S/C16H11ClF4INOS/c17-11-8-10(2-3-12(11)18)23-15(24)9-1-4-13(22)14(7-9)25-6-5-16(19,20)21/h1-4,7-8H,5-6H2,(H,23,24). The minimum atomic E-state index is -4.21. The Morgan fingerprint density at radius 1 is 1.20 bits per heavy atom. The lowest BCUT2D eigenvalue weighted by Crippen LogP contribution is -2.12. The van der Waals surface area contributed by atoms with E-state index in [1.54, 1.807) is 12.1 Å². The van der Waals surface area contributed by atoms with Crippen molar-refractivity contribution in [3.05, 3.63) is 56.4 Å². The number of hydrogen-bond donors (Lipinski definition) is 1. The van der Waals surface area contributed by atoms with E-state index < -0.39 is 24.3 Å². The lowest BCUT2D eigenvalue weighted by Gasteiger charge is -2.10.